The van der Waals surface area contributed by atoms with Crippen LogP contribution < -0.4 is 10.2 Å². The standard InChI is InChI=1S/C19H18N2S/c1-14-11-12-18(22-14)19-20-17-10-6-5-7-15(17)13-21(19)16-8-3-2-4-9-16/h2-12,19-20H,13H2,1H3. The van der Waals surface area contributed by atoms with Crippen LogP contribution in [0, 0.1) is 6.92 Å². The van der Waals surface area contributed by atoms with E-state index in [1.54, 1.807) is 0 Å². The van der Waals surface area contributed by atoms with Crippen LogP contribution in [-0.2, 0) is 6.54 Å². The SMILES string of the molecule is Cc1ccc(C2Nc3ccccc3CN2c2ccccc2)s1. The van der Waals surface area contributed by atoms with E-state index in [0.717, 1.165) is 6.54 Å². The zero-order valence-electron chi connectivity index (χ0n) is 12.5. The molecule has 0 saturated heterocycles. The second-order valence-corrected chi connectivity index (χ2v) is 6.94. The van der Waals surface area contributed by atoms with E-state index in [9.17, 15) is 0 Å². The lowest BCUT2D eigenvalue weighted by molar-refractivity contribution is 0.668. The minimum atomic E-state index is 0.191. The molecule has 0 saturated carbocycles. The van der Waals surface area contributed by atoms with Crippen molar-refractivity contribution in [2.45, 2.75) is 19.6 Å². The lowest BCUT2D eigenvalue weighted by Crippen LogP contribution is -2.37. The monoisotopic (exact) mass is 306 g/mol. The van der Waals surface area contributed by atoms with Crippen LogP contribution in [0.1, 0.15) is 21.5 Å². The largest absolute Gasteiger partial charge is 0.361 e. The third-order valence-corrected chi connectivity index (χ3v) is 5.13. The minimum Gasteiger partial charge on any atom is -0.361 e. The van der Waals surface area contributed by atoms with Crippen molar-refractivity contribution >= 4 is 22.7 Å². The maximum absolute atomic E-state index is 3.71. The zero-order chi connectivity index (χ0) is 14.9. The number of fused-ring (bicyclic) bond motifs is 1. The van der Waals surface area contributed by atoms with Crippen LogP contribution in [0.5, 0.6) is 0 Å². The van der Waals surface area contributed by atoms with Crippen molar-refractivity contribution in [3.8, 4) is 0 Å². The second-order valence-electron chi connectivity index (χ2n) is 5.62. The Morgan fingerprint density at radius 3 is 2.50 bits per heavy atom. The molecule has 1 N–H and O–H groups in total. The molecule has 0 fully saturated rings. The Bertz CT molecular complexity index is 779. The number of hydrogen-bond acceptors (Lipinski definition) is 3. The van der Waals surface area contributed by atoms with Crippen LogP contribution in [0.15, 0.2) is 66.7 Å². The molecular formula is C19H18N2S. The van der Waals surface area contributed by atoms with Gasteiger partial charge in [-0.2, -0.15) is 0 Å². The van der Waals surface area contributed by atoms with Gasteiger partial charge in [0.1, 0.15) is 6.17 Å². The second kappa shape index (κ2) is 5.50. The highest BCUT2D eigenvalue weighted by Gasteiger charge is 2.27. The number of para-hydroxylation sites is 2. The molecule has 1 aliphatic rings. The molecular weight excluding hydrogens is 288 g/mol. The van der Waals surface area contributed by atoms with Gasteiger partial charge in [0.25, 0.3) is 0 Å². The third kappa shape index (κ3) is 2.38. The number of benzene rings is 2. The average Bonchev–Trinajstić information content (AvgIpc) is 3.01. The zero-order valence-corrected chi connectivity index (χ0v) is 13.3. The molecule has 2 nitrogen and oxygen atoms in total. The van der Waals surface area contributed by atoms with Crippen molar-refractivity contribution in [2.24, 2.45) is 0 Å². The Morgan fingerprint density at radius 1 is 0.955 bits per heavy atom. The van der Waals surface area contributed by atoms with Gasteiger partial charge in [-0.15, -0.1) is 11.3 Å². The van der Waals surface area contributed by atoms with E-state index in [-0.39, 0.29) is 6.17 Å². The van der Waals surface area contributed by atoms with Gasteiger partial charge in [0.15, 0.2) is 0 Å². The number of hydrogen-bond donors (Lipinski definition) is 1. The number of nitrogens with zero attached hydrogens (tertiary/aromatic N) is 1. The molecule has 2 aromatic carbocycles. The van der Waals surface area contributed by atoms with Crippen LogP contribution in [0.4, 0.5) is 11.4 Å². The molecule has 0 spiro atoms. The first kappa shape index (κ1) is 13.4. The Hall–Kier alpha value is -2.26. The Morgan fingerprint density at radius 2 is 1.73 bits per heavy atom. The molecule has 110 valence electrons. The third-order valence-electron chi connectivity index (χ3n) is 4.08. The fourth-order valence-corrected chi connectivity index (χ4v) is 3.93. The Balaban J connectivity index is 1.79. The van der Waals surface area contributed by atoms with E-state index in [2.05, 4.69) is 83.9 Å². The molecule has 1 aliphatic heterocycles. The van der Waals surface area contributed by atoms with Gasteiger partial charge in [0.05, 0.1) is 0 Å². The number of nitrogens with one attached hydrogen (secondary N) is 1. The summed E-state index contributed by atoms with van der Waals surface area (Å²) in [5.74, 6) is 0. The van der Waals surface area contributed by atoms with E-state index in [4.69, 9.17) is 0 Å². The summed E-state index contributed by atoms with van der Waals surface area (Å²) in [6.45, 7) is 3.09. The van der Waals surface area contributed by atoms with Crippen LogP contribution in [0.2, 0.25) is 0 Å². The Labute approximate surface area is 135 Å². The summed E-state index contributed by atoms with van der Waals surface area (Å²) in [5.41, 5.74) is 3.84. The first-order valence-electron chi connectivity index (χ1n) is 7.54. The maximum Gasteiger partial charge on any atom is 0.135 e. The summed E-state index contributed by atoms with van der Waals surface area (Å²) in [6, 6.07) is 23.7. The lowest BCUT2D eigenvalue weighted by Gasteiger charge is -2.39. The molecule has 3 heteroatoms. The molecule has 0 amide bonds. The van der Waals surface area contributed by atoms with Gasteiger partial charge < -0.3 is 10.2 Å². The molecule has 4 rings (SSSR count). The van der Waals surface area contributed by atoms with Crippen LogP contribution in [0.25, 0.3) is 0 Å². The quantitative estimate of drug-likeness (QED) is 0.701. The highest BCUT2D eigenvalue weighted by molar-refractivity contribution is 7.12. The van der Waals surface area contributed by atoms with Gasteiger partial charge in [0.2, 0.25) is 0 Å². The van der Waals surface area contributed by atoms with Gasteiger partial charge in [0, 0.05) is 27.7 Å². The van der Waals surface area contributed by atoms with Gasteiger partial charge in [-0.05, 0) is 42.8 Å². The number of thiophene rings is 1. The van der Waals surface area contributed by atoms with Gasteiger partial charge in [-0.25, -0.2) is 0 Å². The number of rotatable bonds is 2. The van der Waals surface area contributed by atoms with Gasteiger partial charge in [-0.3, -0.25) is 0 Å². The highest BCUT2D eigenvalue weighted by atomic mass is 32.1. The van der Waals surface area contributed by atoms with Crippen molar-refractivity contribution in [3.05, 3.63) is 82.0 Å². The van der Waals surface area contributed by atoms with Crippen LogP contribution >= 0.6 is 11.3 Å². The molecule has 2 heterocycles. The highest BCUT2D eigenvalue weighted by Crippen LogP contribution is 2.38. The predicted molar refractivity (Wildman–Crippen MR) is 94.5 cm³/mol. The molecule has 3 aromatic rings. The summed E-state index contributed by atoms with van der Waals surface area (Å²) < 4.78 is 0. The van der Waals surface area contributed by atoms with Crippen molar-refractivity contribution in [1.29, 1.82) is 0 Å². The number of aryl methyl sites for hydroxylation is 1. The lowest BCUT2D eigenvalue weighted by atomic mass is 10.1. The van der Waals surface area contributed by atoms with Crippen molar-refractivity contribution in [1.82, 2.24) is 0 Å². The molecule has 0 aliphatic carbocycles. The fourth-order valence-electron chi connectivity index (χ4n) is 2.98. The molecule has 1 unspecified atom stereocenters. The summed E-state index contributed by atoms with van der Waals surface area (Å²) in [5, 5.41) is 3.71. The summed E-state index contributed by atoms with van der Waals surface area (Å²) in [6.07, 6.45) is 0.191. The predicted octanol–water partition coefficient (Wildman–Crippen LogP) is 5.19. The first-order chi connectivity index (χ1) is 10.8. The van der Waals surface area contributed by atoms with Crippen molar-refractivity contribution in [2.75, 3.05) is 10.2 Å². The van der Waals surface area contributed by atoms with E-state index in [1.165, 1.54) is 26.7 Å². The number of anilines is 2. The normalized spacial score (nSPS) is 17.0. The topological polar surface area (TPSA) is 15.3 Å². The average molecular weight is 306 g/mol. The summed E-state index contributed by atoms with van der Waals surface area (Å²) >= 11 is 1.86. The van der Waals surface area contributed by atoms with Gasteiger partial charge in [-0.1, -0.05) is 36.4 Å². The summed E-state index contributed by atoms with van der Waals surface area (Å²) in [4.78, 5) is 5.15. The van der Waals surface area contributed by atoms with Crippen molar-refractivity contribution < 1.29 is 0 Å². The van der Waals surface area contributed by atoms with Crippen molar-refractivity contribution in [3.63, 3.8) is 0 Å². The van der Waals surface area contributed by atoms with Crippen LogP contribution in [0.3, 0.4) is 0 Å². The first-order valence-corrected chi connectivity index (χ1v) is 8.35. The maximum atomic E-state index is 3.71. The molecule has 0 bridgehead atoms. The molecule has 1 aromatic heterocycles. The molecule has 0 radical (unpaired) electrons. The van der Waals surface area contributed by atoms with Crippen LogP contribution in [-0.4, -0.2) is 0 Å². The Kier molecular flexibility index (Phi) is 3.35. The fraction of sp³-hybridized carbons (Fsp3) is 0.158. The minimum absolute atomic E-state index is 0.191. The van der Waals surface area contributed by atoms with E-state index in [0.29, 0.717) is 0 Å². The smallest absolute Gasteiger partial charge is 0.135 e. The van der Waals surface area contributed by atoms with E-state index >= 15 is 0 Å². The molecule has 1 atom stereocenters. The van der Waals surface area contributed by atoms with Gasteiger partial charge >= 0.3 is 0 Å². The van der Waals surface area contributed by atoms with E-state index < -0.39 is 0 Å². The molecule has 22 heavy (non-hydrogen) atoms. The van der Waals surface area contributed by atoms with E-state index in [1.807, 2.05) is 11.3 Å². The summed E-state index contributed by atoms with van der Waals surface area (Å²) in [7, 11) is 0.